The summed E-state index contributed by atoms with van der Waals surface area (Å²) < 4.78 is 6.16. The predicted octanol–water partition coefficient (Wildman–Crippen LogP) is 3.78. The third-order valence-electron chi connectivity index (χ3n) is 4.73. The first kappa shape index (κ1) is 14.6. The number of aliphatic carboxylic acids is 1. The van der Waals surface area contributed by atoms with Gasteiger partial charge in [-0.05, 0) is 43.9 Å². The Labute approximate surface area is 116 Å². The van der Waals surface area contributed by atoms with Gasteiger partial charge in [0.15, 0.2) is 0 Å². The van der Waals surface area contributed by atoms with Gasteiger partial charge in [0, 0.05) is 0 Å². The second-order valence-electron chi connectivity index (χ2n) is 7.52. The van der Waals surface area contributed by atoms with Crippen LogP contribution in [0.5, 0.6) is 0 Å². The fourth-order valence-electron chi connectivity index (χ4n) is 3.50. The van der Waals surface area contributed by atoms with Crippen molar-refractivity contribution in [1.82, 2.24) is 0 Å². The first-order valence-corrected chi connectivity index (χ1v) is 7.27. The molecule has 1 aliphatic carbocycles. The van der Waals surface area contributed by atoms with Gasteiger partial charge in [-0.2, -0.15) is 0 Å². The number of hydrogen-bond donors (Lipinski definition) is 1. The van der Waals surface area contributed by atoms with Crippen LogP contribution in [0.3, 0.4) is 0 Å². The third-order valence-corrected chi connectivity index (χ3v) is 4.73. The molecule has 0 bridgehead atoms. The molecule has 0 aromatic carbocycles. The lowest BCUT2D eigenvalue weighted by Gasteiger charge is -2.42. The van der Waals surface area contributed by atoms with Crippen molar-refractivity contribution in [2.24, 2.45) is 11.3 Å². The minimum absolute atomic E-state index is 0.0496. The zero-order valence-electron chi connectivity index (χ0n) is 12.5. The van der Waals surface area contributed by atoms with Gasteiger partial charge in [-0.3, -0.25) is 4.79 Å². The van der Waals surface area contributed by atoms with Crippen molar-refractivity contribution in [3.63, 3.8) is 0 Å². The van der Waals surface area contributed by atoms with Crippen molar-refractivity contribution in [2.45, 2.75) is 71.0 Å². The zero-order chi connectivity index (χ0) is 14.3. The summed E-state index contributed by atoms with van der Waals surface area (Å²) in [6, 6.07) is 0. The van der Waals surface area contributed by atoms with E-state index in [1.54, 1.807) is 0 Å². The fraction of sp³-hybridized carbons (Fsp3) is 0.812. The van der Waals surface area contributed by atoms with Gasteiger partial charge in [0.2, 0.25) is 0 Å². The molecule has 1 spiro atoms. The maximum Gasteiger partial charge on any atom is 0.306 e. The van der Waals surface area contributed by atoms with Crippen LogP contribution in [0.4, 0.5) is 0 Å². The van der Waals surface area contributed by atoms with Crippen molar-refractivity contribution >= 4 is 5.97 Å². The monoisotopic (exact) mass is 266 g/mol. The summed E-state index contributed by atoms with van der Waals surface area (Å²) in [5.41, 5.74) is -0.472. The van der Waals surface area contributed by atoms with Crippen molar-refractivity contribution < 1.29 is 14.6 Å². The summed E-state index contributed by atoms with van der Waals surface area (Å²) in [7, 11) is 0. The highest BCUT2D eigenvalue weighted by Gasteiger charge is 2.46. The average Bonchev–Trinajstić information content (AvgIpc) is 2.54. The molecule has 1 heterocycles. The highest BCUT2D eigenvalue weighted by molar-refractivity contribution is 5.68. The van der Waals surface area contributed by atoms with Crippen LogP contribution in [0.25, 0.3) is 0 Å². The molecule has 108 valence electrons. The van der Waals surface area contributed by atoms with Gasteiger partial charge >= 0.3 is 5.97 Å². The van der Waals surface area contributed by atoms with Crippen molar-refractivity contribution in [2.75, 3.05) is 0 Å². The molecule has 1 fully saturated rings. The molecule has 0 aromatic heterocycles. The van der Waals surface area contributed by atoms with E-state index in [1.807, 2.05) is 13.0 Å². The Morgan fingerprint density at radius 1 is 1.32 bits per heavy atom. The molecular weight excluding hydrogens is 240 g/mol. The highest BCUT2D eigenvalue weighted by atomic mass is 16.5. The minimum atomic E-state index is -0.799. The SMILES string of the molecule is CC1(CC(=O)O)C=CC2(CCC(C(C)(C)C)CC2)O1. The topological polar surface area (TPSA) is 46.5 Å². The van der Waals surface area contributed by atoms with Gasteiger partial charge in [0.25, 0.3) is 0 Å². The number of carboxylic acid groups (broad SMARTS) is 1. The molecule has 3 nitrogen and oxygen atoms in total. The molecule has 0 aromatic rings. The van der Waals surface area contributed by atoms with Crippen LogP contribution in [-0.2, 0) is 9.53 Å². The molecule has 0 saturated heterocycles. The molecule has 1 saturated carbocycles. The van der Waals surface area contributed by atoms with E-state index in [9.17, 15) is 4.79 Å². The molecule has 1 atom stereocenters. The Morgan fingerprint density at radius 3 is 2.37 bits per heavy atom. The summed E-state index contributed by atoms with van der Waals surface area (Å²) in [5, 5.41) is 8.96. The summed E-state index contributed by atoms with van der Waals surface area (Å²) >= 11 is 0. The predicted molar refractivity (Wildman–Crippen MR) is 75.0 cm³/mol. The summed E-state index contributed by atoms with van der Waals surface area (Å²) in [6.07, 6.45) is 8.48. The Hall–Kier alpha value is -0.830. The van der Waals surface area contributed by atoms with Crippen molar-refractivity contribution in [3.05, 3.63) is 12.2 Å². The maximum atomic E-state index is 10.9. The normalized spacial score (nSPS) is 38.8. The molecule has 1 aliphatic heterocycles. The van der Waals surface area contributed by atoms with Crippen LogP contribution in [0.15, 0.2) is 12.2 Å². The first-order valence-electron chi connectivity index (χ1n) is 7.27. The Morgan fingerprint density at radius 2 is 1.89 bits per heavy atom. The molecule has 3 heteroatoms. The standard InChI is InChI=1S/C16H26O3/c1-14(2,3)12-5-7-16(8-6-12)10-9-15(4,19-16)11-13(17)18/h9-10,12H,5-8,11H2,1-4H3,(H,17,18). The molecule has 2 aliphatic rings. The fourth-order valence-corrected chi connectivity index (χ4v) is 3.50. The smallest absolute Gasteiger partial charge is 0.306 e. The summed E-state index contributed by atoms with van der Waals surface area (Å²) in [5.74, 6) is -0.0611. The van der Waals surface area contributed by atoms with E-state index in [2.05, 4.69) is 26.8 Å². The largest absolute Gasteiger partial charge is 0.481 e. The van der Waals surface area contributed by atoms with E-state index >= 15 is 0 Å². The molecule has 19 heavy (non-hydrogen) atoms. The van der Waals surface area contributed by atoms with Gasteiger partial charge in [-0.1, -0.05) is 32.9 Å². The first-order chi connectivity index (χ1) is 8.64. The van der Waals surface area contributed by atoms with E-state index in [0.717, 1.165) is 31.6 Å². The van der Waals surface area contributed by atoms with Crippen LogP contribution in [0.1, 0.15) is 59.8 Å². The van der Waals surface area contributed by atoms with Gasteiger partial charge < -0.3 is 9.84 Å². The van der Waals surface area contributed by atoms with E-state index in [4.69, 9.17) is 9.84 Å². The van der Waals surface area contributed by atoms with Crippen LogP contribution in [0, 0.1) is 11.3 Å². The quantitative estimate of drug-likeness (QED) is 0.774. The molecular formula is C16H26O3. The average molecular weight is 266 g/mol. The Balaban J connectivity index is 1.99. The second-order valence-corrected chi connectivity index (χ2v) is 7.52. The molecule has 1 N–H and O–H groups in total. The van der Waals surface area contributed by atoms with Gasteiger partial charge in [0.05, 0.1) is 17.6 Å². The van der Waals surface area contributed by atoms with Gasteiger partial charge in [0.1, 0.15) is 0 Å². The second kappa shape index (κ2) is 4.62. The van der Waals surface area contributed by atoms with Crippen molar-refractivity contribution in [3.8, 4) is 0 Å². The van der Waals surface area contributed by atoms with Crippen LogP contribution in [0.2, 0.25) is 0 Å². The van der Waals surface area contributed by atoms with E-state index in [1.165, 1.54) is 0 Å². The lowest BCUT2D eigenvalue weighted by atomic mass is 9.68. The molecule has 1 unspecified atom stereocenters. The Kier molecular flexibility index (Phi) is 3.54. The lowest BCUT2D eigenvalue weighted by molar-refractivity contribution is -0.149. The number of hydrogen-bond acceptors (Lipinski definition) is 2. The number of rotatable bonds is 2. The number of ether oxygens (including phenoxy) is 1. The van der Waals surface area contributed by atoms with E-state index in [0.29, 0.717) is 5.41 Å². The van der Waals surface area contributed by atoms with E-state index < -0.39 is 11.6 Å². The van der Waals surface area contributed by atoms with Crippen LogP contribution in [-0.4, -0.2) is 22.3 Å². The van der Waals surface area contributed by atoms with E-state index in [-0.39, 0.29) is 12.0 Å². The number of carbonyl (C=O) groups is 1. The summed E-state index contributed by atoms with van der Waals surface area (Å²) in [6.45, 7) is 8.78. The highest BCUT2D eigenvalue weighted by Crippen LogP contribution is 2.47. The molecule has 0 amide bonds. The molecule has 0 radical (unpaired) electrons. The van der Waals surface area contributed by atoms with Gasteiger partial charge in [-0.25, -0.2) is 0 Å². The Bertz CT molecular complexity index is 383. The van der Waals surface area contributed by atoms with Crippen LogP contribution < -0.4 is 0 Å². The maximum absolute atomic E-state index is 10.9. The summed E-state index contributed by atoms with van der Waals surface area (Å²) in [4.78, 5) is 10.9. The number of carboxylic acids is 1. The molecule has 2 rings (SSSR count). The minimum Gasteiger partial charge on any atom is -0.481 e. The van der Waals surface area contributed by atoms with Gasteiger partial charge in [-0.15, -0.1) is 0 Å². The lowest BCUT2D eigenvalue weighted by Crippen LogP contribution is -2.41. The third kappa shape index (κ3) is 3.19. The van der Waals surface area contributed by atoms with Crippen molar-refractivity contribution in [1.29, 1.82) is 0 Å². The zero-order valence-corrected chi connectivity index (χ0v) is 12.5. The van der Waals surface area contributed by atoms with Crippen LogP contribution >= 0.6 is 0 Å².